The summed E-state index contributed by atoms with van der Waals surface area (Å²) >= 11 is 0. The molecule has 11 nitrogen and oxygen atoms in total. The van der Waals surface area contributed by atoms with E-state index < -0.39 is 19.1 Å². The number of hydrogen-bond donors (Lipinski definition) is 0. The molecule has 1 aliphatic rings. The standard InChI is InChI=1S/C32H37N4O7P/c1-40-29(37)21-36-32(38)30-27(20-33-36)19-28(34-31(30)41-2)35-16-13-24(14-17-35)15-18-44(39,42-22-25-9-5-3-6-10-25)43-23-26-11-7-4-8-12-26/h3-12,19-20,24H,13-18,21-23H2,1-2H3. The van der Waals surface area contributed by atoms with Crippen LogP contribution in [-0.4, -0.2) is 54.2 Å². The van der Waals surface area contributed by atoms with E-state index >= 15 is 0 Å². The van der Waals surface area contributed by atoms with Gasteiger partial charge in [0.15, 0.2) is 0 Å². The van der Waals surface area contributed by atoms with Gasteiger partial charge in [0.2, 0.25) is 5.88 Å². The summed E-state index contributed by atoms with van der Waals surface area (Å²) in [6.07, 6.45) is 4.33. The molecule has 0 spiro atoms. The number of carbonyl (C=O) groups is 1. The minimum atomic E-state index is -3.36. The van der Waals surface area contributed by atoms with Crippen LogP contribution in [0.4, 0.5) is 5.82 Å². The monoisotopic (exact) mass is 620 g/mol. The molecule has 2 aromatic carbocycles. The molecule has 2 aromatic heterocycles. The highest BCUT2D eigenvalue weighted by Gasteiger charge is 2.29. The van der Waals surface area contributed by atoms with E-state index in [1.54, 1.807) is 0 Å². The van der Waals surface area contributed by atoms with Crippen molar-refractivity contribution in [3.63, 3.8) is 0 Å². The number of benzene rings is 2. The molecule has 0 N–H and O–H groups in total. The number of methoxy groups -OCH3 is 2. The van der Waals surface area contributed by atoms with Gasteiger partial charge in [0, 0.05) is 18.5 Å². The Kier molecular flexibility index (Phi) is 10.4. The molecule has 3 heterocycles. The molecule has 1 aliphatic heterocycles. The van der Waals surface area contributed by atoms with Crippen LogP contribution in [0.25, 0.3) is 10.8 Å². The first-order valence-electron chi connectivity index (χ1n) is 14.6. The van der Waals surface area contributed by atoms with Gasteiger partial charge in [-0.25, -0.2) is 4.68 Å². The summed E-state index contributed by atoms with van der Waals surface area (Å²) in [5, 5.41) is 4.97. The number of nitrogens with zero attached hydrogens (tertiary/aromatic N) is 4. The van der Waals surface area contributed by atoms with Crippen LogP contribution < -0.4 is 15.2 Å². The van der Waals surface area contributed by atoms with Gasteiger partial charge in [0.05, 0.1) is 39.8 Å². The summed E-state index contributed by atoms with van der Waals surface area (Å²) in [4.78, 5) is 31.5. The second-order valence-electron chi connectivity index (χ2n) is 10.7. The molecule has 0 saturated carbocycles. The second-order valence-corrected chi connectivity index (χ2v) is 12.9. The number of carbonyl (C=O) groups excluding carboxylic acids is 1. The topological polar surface area (TPSA) is 122 Å². The zero-order valence-corrected chi connectivity index (χ0v) is 25.9. The molecular formula is C32H37N4O7P. The Hall–Kier alpha value is -4.05. The van der Waals surface area contributed by atoms with Gasteiger partial charge >= 0.3 is 13.6 Å². The zero-order chi connectivity index (χ0) is 30.9. The van der Waals surface area contributed by atoms with Crippen LogP contribution >= 0.6 is 7.60 Å². The van der Waals surface area contributed by atoms with Gasteiger partial charge in [-0.2, -0.15) is 10.1 Å². The second kappa shape index (κ2) is 14.6. The van der Waals surface area contributed by atoms with E-state index in [1.807, 2.05) is 66.7 Å². The third kappa shape index (κ3) is 7.91. The number of aromatic nitrogens is 3. The number of pyridine rings is 1. The zero-order valence-electron chi connectivity index (χ0n) is 25.0. The van der Waals surface area contributed by atoms with Crippen LogP contribution in [0, 0.1) is 5.92 Å². The van der Waals surface area contributed by atoms with Gasteiger partial charge in [-0.15, -0.1) is 0 Å². The Balaban J connectivity index is 1.22. The summed E-state index contributed by atoms with van der Waals surface area (Å²) in [5.74, 6) is 0.627. The Labute approximate surface area is 256 Å². The molecular weight excluding hydrogens is 583 g/mol. The van der Waals surface area contributed by atoms with Gasteiger partial charge in [0.1, 0.15) is 17.7 Å². The highest BCUT2D eigenvalue weighted by Crippen LogP contribution is 2.51. The molecule has 0 amide bonds. The Bertz CT molecular complexity index is 1610. The molecule has 1 fully saturated rings. The molecule has 5 rings (SSSR count). The highest BCUT2D eigenvalue weighted by atomic mass is 31.2. The van der Waals surface area contributed by atoms with E-state index in [4.69, 9.17) is 13.8 Å². The fraction of sp³-hybridized carbons (Fsp3) is 0.375. The number of rotatable bonds is 13. The fourth-order valence-corrected chi connectivity index (χ4v) is 6.92. The first-order chi connectivity index (χ1) is 21.4. The van der Waals surface area contributed by atoms with Gasteiger partial charge in [0.25, 0.3) is 5.56 Å². The van der Waals surface area contributed by atoms with Crippen molar-refractivity contribution in [1.29, 1.82) is 0 Å². The summed E-state index contributed by atoms with van der Waals surface area (Å²) in [6, 6.07) is 21.2. The van der Waals surface area contributed by atoms with Gasteiger partial charge in [-0.1, -0.05) is 60.7 Å². The fourth-order valence-electron chi connectivity index (χ4n) is 5.22. The third-order valence-corrected chi connectivity index (χ3v) is 9.63. The van der Waals surface area contributed by atoms with Crippen LogP contribution in [0.3, 0.4) is 0 Å². The average molecular weight is 621 g/mol. The van der Waals surface area contributed by atoms with Crippen LogP contribution in [0.15, 0.2) is 77.7 Å². The van der Waals surface area contributed by atoms with E-state index in [2.05, 4.69) is 19.7 Å². The van der Waals surface area contributed by atoms with Gasteiger partial charge in [-0.3, -0.25) is 14.2 Å². The number of fused-ring (bicyclic) bond motifs is 1. The van der Waals surface area contributed by atoms with Crippen molar-refractivity contribution in [3.8, 4) is 5.88 Å². The van der Waals surface area contributed by atoms with E-state index in [9.17, 15) is 14.2 Å². The Morgan fingerprint density at radius 2 is 1.57 bits per heavy atom. The summed E-state index contributed by atoms with van der Waals surface area (Å²) in [7, 11) is -0.645. The molecule has 0 bridgehead atoms. The van der Waals surface area contributed by atoms with Crippen molar-refractivity contribution >= 4 is 30.2 Å². The Morgan fingerprint density at radius 3 is 2.14 bits per heavy atom. The van der Waals surface area contributed by atoms with Gasteiger partial charge in [-0.05, 0) is 42.4 Å². The maximum atomic E-state index is 13.9. The van der Waals surface area contributed by atoms with Crippen LogP contribution in [-0.2, 0) is 42.9 Å². The van der Waals surface area contributed by atoms with E-state index in [1.165, 1.54) is 20.4 Å². The summed E-state index contributed by atoms with van der Waals surface area (Å²) in [6.45, 7) is 1.62. The van der Waals surface area contributed by atoms with E-state index in [0.717, 1.165) is 41.7 Å². The maximum Gasteiger partial charge on any atom is 0.331 e. The number of esters is 1. The predicted molar refractivity (Wildman–Crippen MR) is 167 cm³/mol. The minimum Gasteiger partial charge on any atom is -0.480 e. The van der Waals surface area contributed by atoms with Crippen molar-refractivity contribution in [2.24, 2.45) is 5.92 Å². The lowest BCUT2D eigenvalue weighted by molar-refractivity contribution is -0.141. The summed E-state index contributed by atoms with van der Waals surface area (Å²) in [5.41, 5.74) is 1.41. The smallest absolute Gasteiger partial charge is 0.331 e. The number of ether oxygens (including phenoxy) is 2. The lowest BCUT2D eigenvalue weighted by atomic mass is 9.94. The first-order valence-corrected chi connectivity index (χ1v) is 16.3. The summed E-state index contributed by atoms with van der Waals surface area (Å²) < 4.78 is 37.0. The minimum absolute atomic E-state index is 0.178. The molecule has 0 atom stereocenters. The number of anilines is 1. The molecule has 44 heavy (non-hydrogen) atoms. The average Bonchev–Trinajstić information content (AvgIpc) is 3.07. The van der Waals surface area contributed by atoms with Crippen LogP contribution in [0.1, 0.15) is 30.4 Å². The van der Waals surface area contributed by atoms with Gasteiger partial charge < -0.3 is 23.4 Å². The largest absolute Gasteiger partial charge is 0.480 e. The van der Waals surface area contributed by atoms with Crippen molar-refractivity contribution < 1.29 is 27.9 Å². The first kappa shape index (κ1) is 31.4. The molecule has 1 saturated heterocycles. The molecule has 0 radical (unpaired) electrons. The Morgan fingerprint density at radius 1 is 0.955 bits per heavy atom. The SMILES string of the molecule is COC(=O)Cn1ncc2cc(N3CCC(CCP(=O)(OCc4ccccc4)OCc4ccccc4)CC3)nc(OC)c2c1=O. The third-order valence-electron chi connectivity index (χ3n) is 7.78. The maximum absolute atomic E-state index is 13.9. The van der Waals surface area contributed by atoms with E-state index in [-0.39, 0.29) is 31.0 Å². The number of piperidine rings is 1. The predicted octanol–water partition coefficient (Wildman–Crippen LogP) is 5.21. The number of hydrogen-bond acceptors (Lipinski definition) is 10. The molecule has 4 aromatic rings. The molecule has 232 valence electrons. The van der Waals surface area contributed by atoms with Crippen molar-refractivity contribution in [2.45, 2.75) is 39.0 Å². The highest BCUT2D eigenvalue weighted by molar-refractivity contribution is 7.53. The van der Waals surface area contributed by atoms with Crippen molar-refractivity contribution in [3.05, 3.63) is 94.4 Å². The van der Waals surface area contributed by atoms with Crippen molar-refractivity contribution in [2.75, 3.05) is 38.4 Å². The normalized spacial score (nSPS) is 14.1. The molecule has 12 heteroatoms. The van der Waals surface area contributed by atoms with Crippen LogP contribution in [0.5, 0.6) is 5.88 Å². The quantitative estimate of drug-likeness (QED) is 0.146. The molecule has 0 aliphatic carbocycles. The lowest BCUT2D eigenvalue weighted by Crippen LogP contribution is -2.34. The van der Waals surface area contributed by atoms with Crippen LogP contribution in [0.2, 0.25) is 0 Å². The lowest BCUT2D eigenvalue weighted by Gasteiger charge is -2.33. The van der Waals surface area contributed by atoms with E-state index in [0.29, 0.717) is 29.7 Å². The van der Waals surface area contributed by atoms with Crippen molar-refractivity contribution in [1.82, 2.24) is 14.8 Å². The molecule has 0 unspecified atom stereocenters.